The molecule has 13 heavy (non-hydrogen) atoms. The number of hydrogen-bond acceptors (Lipinski definition) is 1. The van der Waals surface area contributed by atoms with Crippen molar-refractivity contribution in [3.8, 4) is 0 Å². The molecule has 0 amide bonds. The molecule has 1 nitrogen and oxygen atoms in total. The van der Waals surface area contributed by atoms with E-state index in [4.69, 9.17) is 4.74 Å². The summed E-state index contributed by atoms with van der Waals surface area (Å²) in [4.78, 5) is 0. The first kappa shape index (κ1) is 9.21. The van der Waals surface area contributed by atoms with Crippen LogP contribution in [0.3, 0.4) is 0 Å². The normalized spacial score (nSPS) is 20.0. The predicted molar refractivity (Wildman–Crippen MR) is 62.6 cm³/mol. The van der Waals surface area contributed by atoms with Crippen LogP contribution in [-0.4, -0.2) is 7.11 Å². The highest BCUT2D eigenvalue weighted by Gasteiger charge is 2.15. The van der Waals surface area contributed by atoms with Crippen LogP contribution in [0.5, 0.6) is 0 Å². The lowest BCUT2D eigenvalue weighted by Crippen LogP contribution is -2.05. The lowest BCUT2D eigenvalue weighted by Gasteiger charge is -2.20. The van der Waals surface area contributed by atoms with E-state index in [0.717, 1.165) is 6.42 Å². The van der Waals surface area contributed by atoms with Gasteiger partial charge in [0.2, 0.25) is 0 Å². The quantitative estimate of drug-likeness (QED) is 0.719. The van der Waals surface area contributed by atoms with Crippen molar-refractivity contribution in [2.45, 2.75) is 12.5 Å². The third kappa shape index (κ3) is 1.79. The number of benzene rings is 1. The van der Waals surface area contributed by atoms with Crippen LogP contribution >= 0.6 is 22.6 Å². The Labute approximate surface area is 91.9 Å². The summed E-state index contributed by atoms with van der Waals surface area (Å²) in [5.74, 6) is 0. The fourth-order valence-electron chi connectivity index (χ4n) is 1.65. The number of ether oxygens (including phenoxy) is 1. The molecule has 0 aliphatic heterocycles. The second-order valence-electron chi connectivity index (χ2n) is 3.14. The molecule has 1 atom stereocenters. The van der Waals surface area contributed by atoms with E-state index in [9.17, 15) is 0 Å². The fraction of sp³-hybridized carbons (Fsp3) is 0.273. The maximum atomic E-state index is 5.40. The molecule has 0 bridgehead atoms. The second-order valence-corrected chi connectivity index (χ2v) is 4.38. The van der Waals surface area contributed by atoms with Gasteiger partial charge in [-0.15, -0.1) is 0 Å². The zero-order chi connectivity index (χ0) is 9.26. The van der Waals surface area contributed by atoms with Gasteiger partial charge in [-0.25, -0.2) is 0 Å². The van der Waals surface area contributed by atoms with Crippen molar-refractivity contribution in [1.29, 1.82) is 0 Å². The van der Waals surface area contributed by atoms with E-state index < -0.39 is 0 Å². The van der Waals surface area contributed by atoms with Gasteiger partial charge in [-0.2, -0.15) is 0 Å². The Hall–Kier alpha value is -0.350. The Balaban J connectivity index is 2.47. The van der Waals surface area contributed by atoms with Crippen molar-refractivity contribution < 1.29 is 4.74 Å². The Morgan fingerprint density at radius 1 is 1.46 bits per heavy atom. The number of rotatable bonds is 1. The van der Waals surface area contributed by atoms with Crippen molar-refractivity contribution in [3.63, 3.8) is 0 Å². The maximum Gasteiger partial charge on any atom is 0.0861 e. The molecule has 0 radical (unpaired) electrons. The van der Waals surface area contributed by atoms with Gasteiger partial charge in [0, 0.05) is 10.7 Å². The lowest BCUT2D eigenvalue weighted by molar-refractivity contribution is 0.105. The topological polar surface area (TPSA) is 9.23 Å². The van der Waals surface area contributed by atoms with Crippen LogP contribution in [0.2, 0.25) is 0 Å². The summed E-state index contributed by atoms with van der Waals surface area (Å²) in [6.07, 6.45) is 5.58. The first-order valence-corrected chi connectivity index (χ1v) is 5.38. The van der Waals surface area contributed by atoms with Crippen LogP contribution in [0.15, 0.2) is 24.3 Å². The molecule has 0 spiro atoms. The molecule has 1 aromatic rings. The molecule has 0 aromatic heterocycles. The van der Waals surface area contributed by atoms with E-state index >= 15 is 0 Å². The molecule has 0 N–H and O–H groups in total. The van der Waals surface area contributed by atoms with Gasteiger partial charge in [0.15, 0.2) is 0 Å². The molecular formula is C11H11IO. The fourth-order valence-corrected chi connectivity index (χ4v) is 2.17. The second kappa shape index (κ2) is 3.80. The largest absolute Gasteiger partial charge is 0.376 e. The Kier molecular flexibility index (Phi) is 2.69. The molecule has 2 rings (SSSR count). The molecule has 0 saturated heterocycles. The van der Waals surface area contributed by atoms with Gasteiger partial charge in [0.25, 0.3) is 0 Å². The van der Waals surface area contributed by atoms with Gasteiger partial charge in [-0.05, 0) is 52.3 Å². The van der Waals surface area contributed by atoms with Crippen molar-refractivity contribution in [2.75, 3.05) is 7.11 Å². The van der Waals surface area contributed by atoms with Crippen molar-refractivity contribution in [1.82, 2.24) is 0 Å². The van der Waals surface area contributed by atoms with E-state index in [0.29, 0.717) is 0 Å². The molecule has 1 unspecified atom stereocenters. The predicted octanol–water partition coefficient (Wildman–Crippen LogP) is 3.40. The van der Waals surface area contributed by atoms with Gasteiger partial charge in [0.05, 0.1) is 6.10 Å². The van der Waals surface area contributed by atoms with E-state index in [2.05, 4.69) is 52.9 Å². The van der Waals surface area contributed by atoms with Crippen LogP contribution < -0.4 is 0 Å². The molecular weight excluding hydrogens is 275 g/mol. The zero-order valence-corrected chi connectivity index (χ0v) is 9.61. The monoisotopic (exact) mass is 286 g/mol. The maximum absolute atomic E-state index is 5.40. The van der Waals surface area contributed by atoms with Crippen LogP contribution in [0, 0.1) is 3.57 Å². The molecule has 0 fully saturated rings. The zero-order valence-electron chi connectivity index (χ0n) is 7.46. The minimum Gasteiger partial charge on any atom is -0.376 e. The van der Waals surface area contributed by atoms with Crippen molar-refractivity contribution in [2.24, 2.45) is 0 Å². The average molecular weight is 286 g/mol. The highest BCUT2D eigenvalue weighted by Crippen LogP contribution is 2.30. The van der Waals surface area contributed by atoms with E-state index in [1.54, 1.807) is 7.11 Å². The van der Waals surface area contributed by atoms with Gasteiger partial charge in [0.1, 0.15) is 0 Å². The van der Waals surface area contributed by atoms with Crippen LogP contribution in [0.1, 0.15) is 23.7 Å². The molecule has 68 valence electrons. The average Bonchev–Trinajstić information content (AvgIpc) is 2.16. The Bertz CT molecular complexity index is 344. The summed E-state index contributed by atoms with van der Waals surface area (Å²) in [7, 11) is 1.77. The Morgan fingerprint density at radius 3 is 3.08 bits per heavy atom. The molecule has 1 aromatic carbocycles. The SMILES string of the molecule is COC1CC=Cc2cc(I)ccc21. The highest BCUT2D eigenvalue weighted by molar-refractivity contribution is 14.1. The standard InChI is InChI=1S/C11H11IO/c1-13-11-4-2-3-8-7-9(12)5-6-10(8)11/h2-3,5-7,11H,4H2,1H3. The summed E-state index contributed by atoms with van der Waals surface area (Å²) in [6, 6.07) is 6.48. The minimum absolute atomic E-state index is 0.247. The van der Waals surface area contributed by atoms with Crippen LogP contribution in [0.25, 0.3) is 6.08 Å². The first-order valence-electron chi connectivity index (χ1n) is 4.30. The van der Waals surface area contributed by atoms with E-state index in [-0.39, 0.29) is 6.10 Å². The first-order chi connectivity index (χ1) is 6.31. The van der Waals surface area contributed by atoms with Crippen molar-refractivity contribution >= 4 is 28.7 Å². The van der Waals surface area contributed by atoms with Gasteiger partial charge in [-0.3, -0.25) is 0 Å². The minimum atomic E-state index is 0.247. The number of halogens is 1. The molecule has 2 heteroatoms. The highest BCUT2D eigenvalue weighted by atomic mass is 127. The summed E-state index contributed by atoms with van der Waals surface area (Å²) in [5, 5.41) is 0. The number of hydrogen-bond donors (Lipinski definition) is 0. The van der Waals surface area contributed by atoms with E-state index in [1.807, 2.05) is 0 Å². The van der Waals surface area contributed by atoms with E-state index in [1.165, 1.54) is 14.7 Å². The molecule has 1 aliphatic rings. The smallest absolute Gasteiger partial charge is 0.0861 e. The Morgan fingerprint density at radius 2 is 2.31 bits per heavy atom. The summed E-state index contributed by atoms with van der Waals surface area (Å²) < 4.78 is 6.68. The molecule has 0 heterocycles. The third-order valence-electron chi connectivity index (χ3n) is 2.33. The van der Waals surface area contributed by atoms with Gasteiger partial charge >= 0.3 is 0 Å². The van der Waals surface area contributed by atoms with Crippen LogP contribution in [0.4, 0.5) is 0 Å². The summed E-state index contributed by atoms with van der Waals surface area (Å²) >= 11 is 2.33. The lowest BCUT2D eigenvalue weighted by atomic mass is 9.95. The summed E-state index contributed by atoms with van der Waals surface area (Å²) in [5.41, 5.74) is 2.61. The van der Waals surface area contributed by atoms with Crippen molar-refractivity contribution in [3.05, 3.63) is 39.0 Å². The van der Waals surface area contributed by atoms with Gasteiger partial charge < -0.3 is 4.74 Å². The summed E-state index contributed by atoms with van der Waals surface area (Å²) in [6.45, 7) is 0. The molecule has 1 aliphatic carbocycles. The third-order valence-corrected chi connectivity index (χ3v) is 3.00. The van der Waals surface area contributed by atoms with Crippen LogP contribution in [-0.2, 0) is 4.74 Å². The van der Waals surface area contributed by atoms with Gasteiger partial charge in [-0.1, -0.05) is 18.2 Å². The number of fused-ring (bicyclic) bond motifs is 1. The molecule has 0 saturated carbocycles. The number of methoxy groups -OCH3 is 1.